The summed E-state index contributed by atoms with van der Waals surface area (Å²) >= 11 is 0. The molecular weight excluding hydrogens is 265 g/mol. The summed E-state index contributed by atoms with van der Waals surface area (Å²) in [6, 6.07) is 4.01. The molecule has 20 heavy (non-hydrogen) atoms. The summed E-state index contributed by atoms with van der Waals surface area (Å²) in [5, 5.41) is 0. The molecule has 104 valence electrons. The van der Waals surface area contributed by atoms with Crippen LogP contribution in [0.4, 0.5) is 10.1 Å². The monoisotopic (exact) mass is 277 g/mol. The fraction of sp³-hybridized carbons (Fsp3) is 0.154. The van der Waals surface area contributed by atoms with Crippen LogP contribution in [-0.4, -0.2) is 23.0 Å². The van der Waals surface area contributed by atoms with Crippen molar-refractivity contribution >= 4 is 11.7 Å². The highest BCUT2D eigenvalue weighted by molar-refractivity contribution is 5.85. The number of aromatic nitrogens is 2. The Labute approximate surface area is 114 Å². The van der Waals surface area contributed by atoms with Gasteiger partial charge in [0, 0.05) is 24.0 Å². The van der Waals surface area contributed by atoms with E-state index in [1.165, 1.54) is 25.4 Å². The van der Waals surface area contributed by atoms with Gasteiger partial charge >= 0.3 is 5.97 Å². The number of benzene rings is 1. The van der Waals surface area contributed by atoms with Crippen LogP contribution in [0, 0.1) is 12.7 Å². The van der Waals surface area contributed by atoms with Crippen LogP contribution in [0.25, 0.3) is 0 Å². The first-order valence-corrected chi connectivity index (χ1v) is 5.66. The van der Waals surface area contributed by atoms with Gasteiger partial charge in [0.15, 0.2) is 11.6 Å². The van der Waals surface area contributed by atoms with Crippen LogP contribution in [0.1, 0.15) is 16.2 Å². The number of halogens is 1. The van der Waals surface area contributed by atoms with Crippen LogP contribution in [0.2, 0.25) is 0 Å². The van der Waals surface area contributed by atoms with Crippen LogP contribution in [-0.2, 0) is 4.74 Å². The Morgan fingerprint density at radius 3 is 2.85 bits per heavy atom. The summed E-state index contributed by atoms with van der Waals surface area (Å²) in [6.07, 6.45) is 1.32. The smallest absolute Gasteiger partial charge is 0.376 e. The lowest BCUT2D eigenvalue weighted by Crippen LogP contribution is -2.07. The zero-order valence-electron chi connectivity index (χ0n) is 10.9. The maximum atomic E-state index is 13.7. The summed E-state index contributed by atoms with van der Waals surface area (Å²) in [6.45, 7) is 1.72. The number of ether oxygens (including phenoxy) is 2. The van der Waals surface area contributed by atoms with Crippen molar-refractivity contribution in [2.24, 2.45) is 0 Å². The predicted molar refractivity (Wildman–Crippen MR) is 69.0 cm³/mol. The molecule has 7 heteroatoms. The Bertz CT molecular complexity index is 661. The van der Waals surface area contributed by atoms with Gasteiger partial charge in [-0.3, -0.25) is 0 Å². The van der Waals surface area contributed by atoms with Crippen molar-refractivity contribution < 1.29 is 18.7 Å². The molecule has 6 nitrogen and oxygen atoms in total. The molecule has 2 N–H and O–H groups in total. The van der Waals surface area contributed by atoms with Gasteiger partial charge in [0.2, 0.25) is 11.7 Å². The topological polar surface area (TPSA) is 87.3 Å². The first-order chi connectivity index (χ1) is 9.51. The fourth-order valence-corrected chi connectivity index (χ4v) is 1.45. The molecule has 2 aromatic rings. The Morgan fingerprint density at radius 1 is 1.40 bits per heavy atom. The van der Waals surface area contributed by atoms with Crippen molar-refractivity contribution in [2.75, 3.05) is 12.8 Å². The molecule has 0 aliphatic carbocycles. The van der Waals surface area contributed by atoms with Crippen molar-refractivity contribution in [1.29, 1.82) is 0 Å². The van der Waals surface area contributed by atoms with Crippen molar-refractivity contribution in [3.8, 4) is 11.6 Å². The first kappa shape index (κ1) is 13.7. The summed E-state index contributed by atoms with van der Waals surface area (Å²) in [5.74, 6) is -1.50. The third-order valence-electron chi connectivity index (χ3n) is 2.53. The molecule has 2 rings (SSSR count). The number of anilines is 1. The lowest BCUT2D eigenvalue weighted by molar-refractivity contribution is 0.0585. The summed E-state index contributed by atoms with van der Waals surface area (Å²) in [5.41, 5.74) is 6.58. The van der Waals surface area contributed by atoms with Gasteiger partial charge in [0.1, 0.15) is 0 Å². The quantitative estimate of drug-likeness (QED) is 0.682. The van der Waals surface area contributed by atoms with Crippen LogP contribution in [0.5, 0.6) is 11.6 Å². The number of rotatable bonds is 3. The van der Waals surface area contributed by atoms with Gasteiger partial charge in [-0.25, -0.2) is 14.2 Å². The Balaban J connectivity index is 2.31. The number of nitrogens with two attached hydrogens (primary N) is 1. The molecule has 0 saturated carbocycles. The molecule has 0 bridgehead atoms. The average molecular weight is 277 g/mol. The van der Waals surface area contributed by atoms with Gasteiger partial charge in [0.05, 0.1) is 7.11 Å². The van der Waals surface area contributed by atoms with E-state index < -0.39 is 11.8 Å². The third kappa shape index (κ3) is 2.82. The standard InChI is InChI=1S/C13H12FN3O3/c1-7-5-10(8(14)6-9(7)15)20-11-3-4-16-12(17-11)13(18)19-2/h3-6H,15H2,1-2H3. The molecule has 0 fully saturated rings. The minimum Gasteiger partial charge on any atom is -0.463 e. The maximum Gasteiger partial charge on any atom is 0.376 e. The number of carbonyl (C=O) groups excluding carboxylic acids is 1. The van der Waals surface area contributed by atoms with E-state index >= 15 is 0 Å². The van der Waals surface area contributed by atoms with Gasteiger partial charge in [-0.05, 0) is 18.6 Å². The SMILES string of the molecule is COC(=O)c1nccc(Oc2cc(C)c(N)cc2F)n1. The van der Waals surface area contributed by atoms with Gasteiger partial charge in [-0.2, -0.15) is 4.98 Å². The molecule has 0 saturated heterocycles. The van der Waals surface area contributed by atoms with Crippen LogP contribution < -0.4 is 10.5 Å². The van der Waals surface area contributed by atoms with E-state index in [4.69, 9.17) is 10.5 Å². The van der Waals surface area contributed by atoms with Crippen molar-refractivity contribution in [3.63, 3.8) is 0 Å². The predicted octanol–water partition coefficient (Wildman–Crippen LogP) is 2.09. The number of methoxy groups -OCH3 is 1. The van der Waals surface area contributed by atoms with Crippen LogP contribution in [0.3, 0.4) is 0 Å². The molecule has 1 aromatic heterocycles. The lowest BCUT2D eigenvalue weighted by atomic mass is 10.2. The molecule has 0 atom stereocenters. The highest BCUT2D eigenvalue weighted by Crippen LogP contribution is 2.27. The summed E-state index contributed by atoms with van der Waals surface area (Å²) in [7, 11) is 1.21. The zero-order valence-corrected chi connectivity index (χ0v) is 10.9. The van der Waals surface area contributed by atoms with E-state index in [9.17, 15) is 9.18 Å². The lowest BCUT2D eigenvalue weighted by Gasteiger charge is -2.08. The highest BCUT2D eigenvalue weighted by Gasteiger charge is 2.13. The highest BCUT2D eigenvalue weighted by atomic mass is 19.1. The zero-order chi connectivity index (χ0) is 14.7. The number of esters is 1. The minimum absolute atomic E-state index is 0.0310. The van der Waals surface area contributed by atoms with E-state index in [0.717, 1.165) is 6.07 Å². The van der Waals surface area contributed by atoms with Crippen molar-refractivity contribution in [3.05, 3.63) is 41.6 Å². The van der Waals surface area contributed by atoms with E-state index in [-0.39, 0.29) is 17.5 Å². The van der Waals surface area contributed by atoms with Crippen molar-refractivity contribution in [1.82, 2.24) is 9.97 Å². The second kappa shape index (κ2) is 5.52. The Hall–Kier alpha value is -2.70. The van der Waals surface area contributed by atoms with Crippen LogP contribution >= 0.6 is 0 Å². The largest absolute Gasteiger partial charge is 0.463 e. The fourth-order valence-electron chi connectivity index (χ4n) is 1.45. The van der Waals surface area contributed by atoms with Crippen molar-refractivity contribution in [2.45, 2.75) is 6.92 Å². The minimum atomic E-state index is -0.704. The molecule has 0 radical (unpaired) electrons. The number of carbonyl (C=O) groups is 1. The van der Waals surface area contributed by atoms with E-state index in [1.807, 2.05) is 0 Å². The van der Waals surface area contributed by atoms with Gasteiger partial charge in [-0.15, -0.1) is 0 Å². The molecule has 0 spiro atoms. The summed E-state index contributed by atoms with van der Waals surface area (Å²) < 4.78 is 23.5. The van der Waals surface area contributed by atoms with E-state index in [1.54, 1.807) is 6.92 Å². The molecule has 0 aliphatic heterocycles. The van der Waals surface area contributed by atoms with Gasteiger partial charge in [-0.1, -0.05) is 0 Å². The molecular formula is C13H12FN3O3. The second-order valence-electron chi connectivity index (χ2n) is 3.95. The maximum absolute atomic E-state index is 13.7. The number of nitrogen functional groups attached to an aromatic ring is 1. The molecule has 0 aliphatic rings. The second-order valence-corrected chi connectivity index (χ2v) is 3.95. The number of hydrogen-bond acceptors (Lipinski definition) is 6. The Morgan fingerprint density at radius 2 is 2.15 bits per heavy atom. The molecule has 1 heterocycles. The van der Waals surface area contributed by atoms with Gasteiger partial charge < -0.3 is 15.2 Å². The average Bonchev–Trinajstić information content (AvgIpc) is 2.44. The number of hydrogen-bond donors (Lipinski definition) is 1. The van der Waals surface area contributed by atoms with Crippen LogP contribution in [0.15, 0.2) is 24.4 Å². The summed E-state index contributed by atoms with van der Waals surface area (Å²) in [4.78, 5) is 18.8. The third-order valence-corrected chi connectivity index (χ3v) is 2.53. The molecule has 0 amide bonds. The first-order valence-electron chi connectivity index (χ1n) is 5.66. The number of aryl methyl sites for hydroxylation is 1. The van der Waals surface area contributed by atoms with Gasteiger partial charge in [0.25, 0.3) is 0 Å². The van der Waals surface area contributed by atoms with E-state index in [2.05, 4.69) is 14.7 Å². The normalized spacial score (nSPS) is 10.2. The molecule has 1 aromatic carbocycles. The number of nitrogens with zero attached hydrogens (tertiary/aromatic N) is 2. The van der Waals surface area contributed by atoms with E-state index in [0.29, 0.717) is 11.3 Å². The Kier molecular flexibility index (Phi) is 3.79. The molecule has 0 unspecified atom stereocenters.